The number of carbonyl (C=O) groups excluding carboxylic acids is 1. The lowest BCUT2D eigenvalue weighted by molar-refractivity contribution is 0.0790. The van der Waals surface area contributed by atoms with Crippen LogP contribution >= 0.6 is 22.7 Å². The lowest BCUT2D eigenvalue weighted by Gasteiger charge is -2.15. The molecule has 2 aromatic heterocycles. The molecule has 2 heterocycles. The number of nitrogens with zero attached hydrogens (tertiary/aromatic N) is 2. The van der Waals surface area contributed by atoms with Crippen molar-refractivity contribution in [3.8, 4) is 0 Å². The molecule has 0 atom stereocenters. The Bertz CT molecular complexity index is 517. The molecule has 0 saturated heterocycles. The summed E-state index contributed by atoms with van der Waals surface area (Å²) >= 11 is 3.13. The predicted molar refractivity (Wildman–Crippen MR) is 71.7 cm³/mol. The Morgan fingerprint density at radius 3 is 2.76 bits per heavy atom. The number of amides is 1. The average molecular weight is 266 g/mol. The van der Waals surface area contributed by atoms with Crippen molar-refractivity contribution in [3.63, 3.8) is 0 Å². The standard InChI is InChI=1S/C12H14N2OS2/c1-8-11(17-9(2)13-8)12(15)14(3)7-10-5-4-6-16-10/h4-6H,7H2,1-3H3. The molecule has 90 valence electrons. The smallest absolute Gasteiger partial charge is 0.265 e. The minimum atomic E-state index is 0.0569. The van der Waals surface area contributed by atoms with Gasteiger partial charge in [-0.05, 0) is 25.3 Å². The van der Waals surface area contributed by atoms with E-state index in [4.69, 9.17) is 0 Å². The third kappa shape index (κ3) is 2.73. The zero-order chi connectivity index (χ0) is 12.4. The summed E-state index contributed by atoms with van der Waals surface area (Å²) in [6, 6.07) is 4.04. The van der Waals surface area contributed by atoms with Crippen LogP contribution in [0, 0.1) is 13.8 Å². The number of carbonyl (C=O) groups is 1. The average Bonchev–Trinajstić information content (AvgIpc) is 2.87. The highest BCUT2D eigenvalue weighted by Crippen LogP contribution is 2.20. The minimum absolute atomic E-state index is 0.0569. The van der Waals surface area contributed by atoms with Gasteiger partial charge in [-0.2, -0.15) is 0 Å². The van der Waals surface area contributed by atoms with E-state index in [0.29, 0.717) is 6.54 Å². The predicted octanol–water partition coefficient (Wildman–Crippen LogP) is 3.09. The van der Waals surface area contributed by atoms with Crippen molar-refractivity contribution in [2.75, 3.05) is 7.05 Å². The van der Waals surface area contributed by atoms with Gasteiger partial charge in [0.1, 0.15) is 4.88 Å². The molecule has 0 aliphatic carbocycles. The van der Waals surface area contributed by atoms with Gasteiger partial charge in [-0.15, -0.1) is 22.7 Å². The zero-order valence-electron chi connectivity index (χ0n) is 10.1. The molecule has 0 saturated carbocycles. The van der Waals surface area contributed by atoms with Crippen LogP contribution < -0.4 is 0 Å². The first-order chi connectivity index (χ1) is 8.08. The number of thiophene rings is 1. The molecular formula is C12H14N2OS2. The summed E-state index contributed by atoms with van der Waals surface area (Å²) in [5.74, 6) is 0.0569. The Kier molecular flexibility index (Phi) is 3.59. The maximum Gasteiger partial charge on any atom is 0.265 e. The van der Waals surface area contributed by atoms with E-state index in [9.17, 15) is 4.79 Å². The fraction of sp³-hybridized carbons (Fsp3) is 0.333. The molecule has 0 fully saturated rings. The first-order valence-electron chi connectivity index (χ1n) is 5.30. The lowest BCUT2D eigenvalue weighted by atomic mass is 10.3. The normalized spacial score (nSPS) is 10.5. The number of hydrogen-bond acceptors (Lipinski definition) is 4. The maximum absolute atomic E-state index is 12.2. The van der Waals surface area contributed by atoms with E-state index in [2.05, 4.69) is 4.98 Å². The van der Waals surface area contributed by atoms with Crippen molar-refractivity contribution < 1.29 is 4.79 Å². The molecule has 5 heteroatoms. The molecule has 0 aromatic carbocycles. The lowest BCUT2D eigenvalue weighted by Crippen LogP contribution is -2.25. The van der Waals surface area contributed by atoms with Gasteiger partial charge in [-0.3, -0.25) is 4.79 Å². The zero-order valence-corrected chi connectivity index (χ0v) is 11.7. The summed E-state index contributed by atoms with van der Waals surface area (Å²) < 4.78 is 0. The molecule has 0 aliphatic heterocycles. The highest BCUT2D eigenvalue weighted by atomic mass is 32.1. The molecule has 0 spiro atoms. The number of thiazole rings is 1. The summed E-state index contributed by atoms with van der Waals surface area (Å²) in [6.45, 7) is 4.47. The number of rotatable bonds is 3. The fourth-order valence-electron chi connectivity index (χ4n) is 1.61. The van der Waals surface area contributed by atoms with Crippen LogP contribution in [0.4, 0.5) is 0 Å². The van der Waals surface area contributed by atoms with Crippen molar-refractivity contribution in [3.05, 3.63) is 38.0 Å². The molecule has 0 bridgehead atoms. The second-order valence-corrected chi connectivity index (χ2v) is 6.12. The topological polar surface area (TPSA) is 33.2 Å². The van der Waals surface area contributed by atoms with Crippen LogP contribution in [0.5, 0.6) is 0 Å². The second-order valence-electron chi connectivity index (χ2n) is 3.89. The Labute approximate surface area is 109 Å². The van der Waals surface area contributed by atoms with Crippen molar-refractivity contribution in [1.29, 1.82) is 0 Å². The third-order valence-electron chi connectivity index (χ3n) is 2.42. The van der Waals surface area contributed by atoms with Crippen molar-refractivity contribution in [2.45, 2.75) is 20.4 Å². The van der Waals surface area contributed by atoms with Gasteiger partial charge < -0.3 is 4.90 Å². The first-order valence-corrected chi connectivity index (χ1v) is 6.99. The van der Waals surface area contributed by atoms with E-state index < -0.39 is 0 Å². The van der Waals surface area contributed by atoms with Crippen LogP contribution in [-0.4, -0.2) is 22.8 Å². The Morgan fingerprint density at radius 2 is 2.24 bits per heavy atom. The quantitative estimate of drug-likeness (QED) is 0.855. The summed E-state index contributed by atoms with van der Waals surface area (Å²) in [5.41, 5.74) is 0.829. The molecule has 1 amide bonds. The summed E-state index contributed by atoms with van der Waals surface area (Å²) in [7, 11) is 1.83. The van der Waals surface area contributed by atoms with Crippen LogP contribution in [0.25, 0.3) is 0 Å². The van der Waals surface area contributed by atoms with Gasteiger partial charge in [0, 0.05) is 11.9 Å². The van der Waals surface area contributed by atoms with E-state index in [1.807, 2.05) is 38.4 Å². The highest BCUT2D eigenvalue weighted by Gasteiger charge is 2.18. The fourth-order valence-corrected chi connectivity index (χ4v) is 3.28. The van der Waals surface area contributed by atoms with Gasteiger partial charge in [-0.1, -0.05) is 6.07 Å². The number of aryl methyl sites for hydroxylation is 2. The molecule has 2 rings (SSSR count). The van der Waals surface area contributed by atoms with Gasteiger partial charge in [0.05, 0.1) is 17.2 Å². The van der Waals surface area contributed by atoms with E-state index in [0.717, 1.165) is 15.6 Å². The molecule has 0 radical (unpaired) electrons. The van der Waals surface area contributed by atoms with Crippen LogP contribution in [0.3, 0.4) is 0 Å². The van der Waals surface area contributed by atoms with E-state index in [1.54, 1.807) is 16.2 Å². The number of aromatic nitrogens is 1. The Morgan fingerprint density at radius 1 is 1.47 bits per heavy atom. The third-order valence-corrected chi connectivity index (χ3v) is 4.34. The molecule has 17 heavy (non-hydrogen) atoms. The summed E-state index contributed by atoms with van der Waals surface area (Å²) in [6.07, 6.45) is 0. The van der Waals surface area contributed by atoms with Crippen molar-refractivity contribution >= 4 is 28.6 Å². The van der Waals surface area contributed by atoms with E-state index in [1.165, 1.54) is 16.2 Å². The van der Waals surface area contributed by atoms with Crippen LogP contribution in [0.1, 0.15) is 25.3 Å². The largest absolute Gasteiger partial charge is 0.336 e. The minimum Gasteiger partial charge on any atom is -0.336 e. The van der Waals surface area contributed by atoms with Crippen LogP contribution in [0.15, 0.2) is 17.5 Å². The first kappa shape index (κ1) is 12.3. The van der Waals surface area contributed by atoms with Gasteiger partial charge in [0.25, 0.3) is 5.91 Å². The van der Waals surface area contributed by atoms with Gasteiger partial charge >= 0.3 is 0 Å². The molecule has 0 N–H and O–H groups in total. The van der Waals surface area contributed by atoms with Crippen molar-refractivity contribution in [2.24, 2.45) is 0 Å². The summed E-state index contributed by atoms with van der Waals surface area (Å²) in [4.78, 5) is 20.2. The SMILES string of the molecule is Cc1nc(C)c(C(=O)N(C)Cc2cccs2)s1. The maximum atomic E-state index is 12.2. The molecule has 3 nitrogen and oxygen atoms in total. The highest BCUT2D eigenvalue weighted by molar-refractivity contribution is 7.13. The molecule has 0 unspecified atom stereocenters. The monoisotopic (exact) mass is 266 g/mol. The van der Waals surface area contributed by atoms with Gasteiger partial charge in [-0.25, -0.2) is 4.98 Å². The molecule has 0 aliphatic rings. The van der Waals surface area contributed by atoms with E-state index in [-0.39, 0.29) is 5.91 Å². The molecular weight excluding hydrogens is 252 g/mol. The second kappa shape index (κ2) is 4.98. The Balaban J connectivity index is 2.12. The summed E-state index contributed by atoms with van der Waals surface area (Å²) in [5, 5.41) is 2.96. The Hall–Kier alpha value is -1.20. The molecule has 2 aromatic rings. The van der Waals surface area contributed by atoms with Crippen LogP contribution in [-0.2, 0) is 6.54 Å². The van der Waals surface area contributed by atoms with Crippen molar-refractivity contribution in [1.82, 2.24) is 9.88 Å². The van der Waals surface area contributed by atoms with E-state index >= 15 is 0 Å². The van der Waals surface area contributed by atoms with Gasteiger partial charge in [0.2, 0.25) is 0 Å². The van der Waals surface area contributed by atoms with Gasteiger partial charge in [0.15, 0.2) is 0 Å². The van der Waals surface area contributed by atoms with Crippen LogP contribution in [0.2, 0.25) is 0 Å². The number of hydrogen-bond donors (Lipinski definition) is 0.